The zero-order chi connectivity index (χ0) is 16.4. The molecule has 2 aliphatic rings. The second-order valence-electron chi connectivity index (χ2n) is 5.89. The van der Waals surface area contributed by atoms with Crippen LogP contribution < -0.4 is 14.8 Å². The summed E-state index contributed by atoms with van der Waals surface area (Å²) in [6, 6.07) is 9.36. The van der Waals surface area contributed by atoms with Crippen LogP contribution >= 0.6 is 0 Å². The predicted octanol–water partition coefficient (Wildman–Crippen LogP) is 3.22. The van der Waals surface area contributed by atoms with Crippen LogP contribution in [0, 0.1) is 0 Å². The van der Waals surface area contributed by atoms with Crippen molar-refractivity contribution in [2.75, 3.05) is 25.1 Å². The number of rotatable bonds is 2. The molecule has 2 aliphatic heterocycles. The van der Waals surface area contributed by atoms with Crippen LogP contribution in [0.25, 0.3) is 0 Å². The van der Waals surface area contributed by atoms with E-state index >= 15 is 0 Å². The summed E-state index contributed by atoms with van der Waals surface area (Å²) < 4.78 is 11.5. The highest BCUT2D eigenvalue weighted by molar-refractivity contribution is 5.89. The van der Waals surface area contributed by atoms with Gasteiger partial charge in [0, 0.05) is 30.2 Å². The monoisotopic (exact) mass is 325 g/mol. The van der Waals surface area contributed by atoms with Crippen molar-refractivity contribution >= 4 is 11.7 Å². The summed E-state index contributed by atoms with van der Waals surface area (Å²) in [5.74, 6) is 1.54. The highest BCUT2D eigenvalue weighted by Gasteiger charge is 2.33. The highest BCUT2D eigenvalue weighted by atomic mass is 16.6. The fourth-order valence-corrected chi connectivity index (χ4v) is 3.32. The minimum atomic E-state index is -0.0990. The quantitative estimate of drug-likeness (QED) is 0.921. The molecule has 1 aromatic carbocycles. The molecule has 1 aromatic heterocycles. The molecule has 6 nitrogen and oxygen atoms in total. The third-order valence-electron chi connectivity index (χ3n) is 4.40. The Balaban J connectivity index is 1.58. The number of amides is 2. The van der Waals surface area contributed by atoms with Crippen molar-refractivity contribution in [1.29, 1.82) is 0 Å². The van der Waals surface area contributed by atoms with Gasteiger partial charge in [0.25, 0.3) is 0 Å². The minimum Gasteiger partial charge on any atom is -0.486 e. The molecule has 2 aromatic rings. The lowest BCUT2D eigenvalue weighted by Crippen LogP contribution is -2.34. The number of hydrogen-bond acceptors (Lipinski definition) is 4. The van der Waals surface area contributed by atoms with Gasteiger partial charge in [-0.15, -0.1) is 0 Å². The van der Waals surface area contributed by atoms with E-state index in [1.165, 1.54) is 0 Å². The van der Waals surface area contributed by atoms with Crippen molar-refractivity contribution in [3.63, 3.8) is 0 Å². The molecular weight excluding hydrogens is 306 g/mol. The van der Waals surface area contributed by atoms with Crippen LogP contribution in [0.5, 0.6) is 11.5 Å². The number of nitrogens with zero attached hydrogens (tertiary/aromatic N) is 2. The molecule has 0 saturated carbocycles. The van der Waals surface area contributed by atoms with Crippen LogP contribution in [0.4, 0.5) is 10.5 Å². The maximum absolute atomic E-state index is 12.7. The molecule has 124 valence electrons. The average Bonchev–Trinajstić information content (AvgIpc) is 3.12. The molecule has 24 heavy (non-hydrogen) atoms. The van der Waals surface area contributed by atoms with Crippen molar-refractivity contribution < 1.29 is 14.3 Å². The lowest BCUT2D eigenvalue weighted by molar-refractivity contribution is 0.165. The van der Waals surface area contributed by atoms with Gasteiger partial charge in [-0.05, 0) is 31.0 Å². The first kappa shape index (κ1) is 14.8. The van der Waals surface area contributed by atoms with Gasteiger partial charge in [0.05, 0.1) is 6.04 Å². The summed E-state index contributed by atoms with van der Waals surface area (Å²) in [4.78, 5) is 18.5. The Morgan fingerprint density at radius 3 is 2.88 bits per heavy atom. The van der Waals surface area contributed by atoms with Crippen molar-refractivity contribution in [2.24, 2.45) is 0 Å². The summed E-state index contributed by atoms with van der Waals surface area (Å²) in [5.41, 5.74) is 1.77. The Kier molecular flexibility index (Phi) is 3.94. The zero-order valence-electron chi connectivity index (χ0n) is 13.3. The molecule has 1 fully saturated rings. The molecule has 1 saturated heterocycles. The van der Waals surface area contributed by atoms with E-state index in [1.807, 2.05) is 23.1 Å². The molecular formula is C18H19N3O3. The topological polar surface area (TPSA) is 63.7 Å². The SMILES string of the molecule is O=C(Nc1ccncc1)N1CCC[C@H]1c1cccc2c1OCCO2. The van der Waals surface area contributed by atoms with Crippen LogP contribution in [0.3, 0.4) is 0 Å². The second-order valence-corrected chi connectivity index (χ2v) is 5.89. The summed E-state index contributed by atoms with van der Waals surface area (Å²) in [6.07, 6.45) is 5.22. The van der Waals surface area contributed by atoms with Crippen LogP contribution in [0.2, 0.25) is 0 Å². The van der Waals surface area contributed by atoms with Crippen molar-refractivity contribution in [1.82, 2.24) is 9.88 Å². The van der Waals surface area contributed by atoms with Gasteiger partial charge in [0.1, 0.15) is 13.2 Å². The van der Waals surface area contributed by atoms with E-state index in [2.05, 4.69) is 10.3 Å². The van der Waals surface area contributed by atoms with Gasteiger partial charge in [-0.2, -0.15) is 0 Å². The van der Waals surface area contributed by atoms with Crippen LogP contribution in [-0.2, 0) is 0 Å². The first-order chi connectivity index (χ1) is 11.8. The van der Waals surface area contributed by atoms with Crippen molar-refractivity contribution in [3.05, 3.63) is 48.3 Å². The normalized spacial score (nSPS) is 19.2. The fourth-order valence-electron chi connectivity index (χ4n) is 3.32. The third kappa shape index (κ3) is 2.75. The number of urea groups is 1. The van der Waals surface area contributed by atoms with Gasteiger partial charge in [-0.25, -0.2) is 4.79 Å². The minimum absolute atomic E-state index is 0.00323. The van der Waals surface area contributed by atoms with E-state index in [0.29, 0.717) is 13.2 Å². The summed E-state index contributed by atoms with van der Waals surface area (Å²) in [6.45, 7) is 1.83. The summed E-state index contributed by atoms with van der Waals surface area (Å²) >= 11 is 0. The first-order valence-electron chi connectivity index (χ1n) is 8.19. The maximum atomic E-state index is 12.7. The maximum Gasteiger partial charge on any atom is 0.322 e. The molecule has 0 spiro atoms. The number of carbonyl (C=O) groups is 1. The molecule has 0 radical (unpaired) electrons. The Labute approximate surface area is 140 Å². The second kappa shape index (κ2) is 6.39. The molecule has 0 unspecified atom stereocenters. The number of para-hydroxylation sites is 1. The van der Waals surface area contributed by atoms with Crippen molar-refractivity contribution in [2.45, 2.75) is 18.9 Å². The smallest absolute Gasteiger partial charge is 0.322 e. The predicted molar refractivity (Wildman–Crippen MR) is 89.4 cm³/mol. The number of aromatic nitrogens is 1. The standard InChI is InChI=1S/C18H19N3O3/c22-18(20-13-6-8-19-9-7-13)21-10-2-4-15(21)14-3-1-5-16-17(14)24-12-11-23-16/h1,3,5-9,15H,2,4,10-12H2,(H,19,20,22)/t15-/m0/s1. The number of hydrogen-bond donors (Lipinski definition) is 1. The third-order valence-corrected chi connectivity index (χ3v) is 4.40. The van der Waals surface area contributed by atoms with E-state index in [9.17, 15) is 4.79 Å². The number of pyridine rings is 1. The average molecular weight is 325 g/mol. The lowest BCUT2D eigenvalue weighted by atomic mass is 10.0. The van der Waals surface area contributed by atoms with E-state index in [0.717, 1.165) is 42.1 Å². The molecule has 1 atom stereocenters. The van der Waals surface area contributed by atoms with Crippen LogP contribution in [0.15, 0.2) is 42.7 Å². The molecule has 2 amide bonds. The van der Waals surface area contributed by atoms with Gasteiger partial charge in [0.15, 0.2) is 11.5 Å². The number of likely N-dealkylation sites (tertiary alicyclic amines) is 1. The zero-order valence-corrected chi connectivity index (χ0v) is 13.3. The molecule has 6 heteroatoms. The number of carbonyl (C=O) groups excluding carboxylic acids is 1. The van der Waals surface area contributed by atoms with E-state index in [1.54, 1.807) is 24.5 Å². The van der Waals surface area contributed by atoms with Gasteiger partial charge < -0.3 is 19.7 Å². The Morgan fingerprint density at radius 2 is 2.00 bits per heavy atom. The highest BCUT2D eigenvalue weighted by Crippen LogP contribution is 2.42. The Morgan fingerprint density at radius 1 is 1.17 bits per heavy atom. The van der Waals surface area contributed by atoms with Gasteiger partial charge in [0.2, 0.25) is 0 Å². The molecule has 1 N–H and O–H groups in total. The van der Waals surface area contributed by atoms with E-state index in [4.69, 9.17) is 9.47 Å². The Hall–Kier alpha value is -2.76. The van der Waals surface area contributed by atoms with Gasteiger partial charge >= 0.3 is 6.03 Å². The number of anilines is 1. The van der Waals surface area contributed by atoms with Gasteiger partial charge in [-0.3, -0.25) is 4.98 Å². The lowest BCUT2D eigenvalue weighted by Gasteiger charge is -2.29. The fraction of sp³-hybridized carbons (Fsp3) is 0.333. The summed E-state index contributed by atoms with van der Waals surface area (Å²) in [7, 11) is 0. The number of benzene rings is 1. The molecule has 4 rings (SSSR count). The van der Waals surface area contributed by atoms with E-state index in [-0.39, 0.29) is 12.1 Å². The number of nitrogens with one attached hydrogen (secondary N) is 1. The molecule has 3 heterocycles. The van der Waals surface area contributed by atoms with Gasteiger partial charge in [-0.1, -0.05) is 12.1 Å². The van der Waals surface area contributed by atoms with E-state index < -0.39 is 0 Å². The first-order valence-corrected chi connectivity index (χ1v) is 8.19. The van der Waals surface area contributed by atoms with Crippen LogP contribution in [0.1, 0.15) is 24.4 Å². The largest absolute Gasteiger partial charge is 0.486 e. The van der Waals surface area contributed by atoms with Crippen molar-refractivity contribution in [3.8, 4) is 11.5 Å². The summed E-state index contributed by atoms with van der Waals surface area (Å²) in [5, 5.41) is 2.94. The van der Waals surface area contributed by atoms with Crippen LogP contribution in [-0.4, -0.2) is 35.7 Å². The number of ether oxygens (including phenoxy) is 2. The molecule has 0 aliphatic carbocycles. The number of fused-ring (bicyclic) bond motifs is 1. The molecule has 0 bridgehead atoms. The Bertz CT molecular complexity index is 736.